The van der Waals surface area contributed by atoms with Gasteiger partial charge in [-0.05, 0) is 17.7 Å². The minimum Gasteiger partial charge on any atom is -0.459 e. The van der Waals surface area contributed by atoms with Gasteiger partial charge in [-0.25, -0.2) is 4.79 Å². The zero-order valence-electron chi connectivity index (χ0n) is 9.85. The predicted octanol–water partition coefficient (Wildman–Crippen LogP) is 1.82. The molecule has 0 aliphatic carbocycles. The van der Waals surface area contributed by atoms with Gasteiger partial charge < -0.3 is 10.1 Å². The minimum absolute atomic E-state index is 0.114. The Labute approximate surface area is 116 Å². The standard InChI is InChI=1S/C12H14ClNO3S/c1-8(15)14-11(7-18)12(16)17-6-9-3-2-4-10(13)5-9/h2-5,11,18H,6-7H2,1H3,(H,14,15). The van der Waals surface area contributed by atoms with Crippen molar-refractivity contribution in [2.24, 2.45) is 0 Å². The summed E-state index contributed by atoms with van der Waals surface area (Å²) in [6.07, 6.45) is 0. The third kappa shape index (κ3) is 4.98. The fraction of sp³-hybridized carbons (Fsp3) is 0.333. The molecular weight excluding hydrogens is 274 g/mol. The van der Waals surface area contributed by atoms with E-state index in [1.165, 1.54) is 6.92 Å². The average molecular weight is 288 g/mol. The minimum atomic E-state index is -0.731. The van der Waals surface area contributed by atoms with Crippen LogP contribution in [0.2, 0.25) is 5.02 Å². The second kappa shape index (κ2) is 7.28. The number of thiol groups is 1. The molecule has 1 unspecified atom stereocenters. The number of carbonyl (C=O) groups is 2. The van der Waals surface area contributed by atoms with Gasteiger partial charge in [-0.3, -0.25) is 4.79 Å². The molecule has 0 fully saturated rings. The molecule has 1 rings (SSSR count). The van der Waals surface area contributed by atoms with E-state index in [4.69, 9.17) is 16.3 Å². The largest absolute Gasteiger partial charge is 0.459 e. The van der Waals surface area contributed by atoms with Crippen molar-refractivity contribution in [3.63, 3.8) is 0 Å². The second-order valence-electron chi connectivity index (χ2n) is 3.67. The zero-order valence-corrected chi connectivity index (χ0v) is 11.5. The lowest BCUT2D eigenvalue weighted by Crippen LogP contribution is -2.42. The third-order valence-corrected chi connectivity index (χ3v) is 2.71. The first-order valence-corrected chi connectivity index (χ1v) is 6.33. The highest BCUT2D eigenvalue weighted by Gasteiger charge is 2.19. The van der Waals surface area contributed by atoms with Crippen molar-refractivity contribution < 1.29 is 14.3 Å². The highest BCUT2D eigenvalue weighted by Crippen LogP contribution is 2.11. The van der Waals surface area contributed by atoms with E-state index in [0.717, 1.165) is 5.56 Å². The Morgan fingerprint density at radius 3 is 2.78 bits per heavy atom. The Morgan fingerprint density at radius 2 is 2.22 bits per heavy atom. The van der Waals surface area contributed by atoms with Gasteiger partial charge in [0.2, 0.25) is 5.91 Å². The Kier molecular flexibility index (Phi) is 6.01. The summed E-state index contributed by atoms with van der Waals surface area (Å²) in [7, 11) is 0. The Hall–Kier alpha value is -1.20. The van der Waals surface area contributed by atoms with Gasteiger partial charge in [0.25, 0.3) is 0 Å². The molecule has 0 bridgehead atoms. The molecule has 4 nitrogen and oxygen atoms in total. The molecule has 1 atom stereocenters. The molecule has 6 heteroatoms. The van der Waals surface area contributed by atoms with Gasteiger partial charge in [-0.15, -0.1) is 0 Å². The molecule has 0 saturated carbocycles. The first-order chi connectivity index (χ1) is 8.52. The summed E-state index contributed by atoms with van der Waals surface area (Å²) in [5.41, 5.74) is 0.789. The molecule has 0 aromatic heterocycles. The quantitative estimate of drug-likeness (QED) is 0.642. The average Bonchev–Trinajstić information content (AvgIpc) is 2.33. The van der Waals surface area contributed by atoms with Crippen molar-refractivity contribution in [1.29, 1.82) is 0 Å². The van der Waals surface area contributed by atoms with Crippen molar-refractivity contribution in [2.45, 2.75) is 19.6 Å². The van der Waals surface area contributed by atoms with E-state index in [2.05, 4.69) is 17.9 Å². The van der Waals surface area contributed by atoms with Gasteiger partial charge in [-0.2, -0.15) is 12.6 Å². The van der Waals surface area contributed by atoms with Gasteiger partial charge >= 0.3 is 5.97 Å². The topological polar surface area (TPSA) is 55.4 Å². The van der Waals surface area contributed by atoms with Crippen LogP contribution in [0.5, 0.6) is 0 Å². The molecule has 1 N–H and O–H groups in total. The number of esters is 1. The van der Waals surface area contributed by atoms with Crippen LogP contribution in [0.4, 0.5) is 0 Å². The number of halogens is 1. The van der Waals surface area contributed by atoms with Crippen LogP contribution in [-0.2, 0) is 20.9 Å². The first kappa shape index (κ1) is 14.9. The molecule has 0 heterocycles. The molecule has 0 spiro atoms. The lowest BCUT2D eigenvalue weighted by molar-refractivity contribution is -0.148. The van der Waals surface area contributed by atoms with Crippen LogP contribution >= 0.6 is 24.2 Å². The second-order valence-corrected chi connectivity index (χ2v) is 4.47. The maximum absolute atomic E-state index is 11.6. The molecule has 18 heavy (non-hydrogen) atoms. The maximum Gasteiger partial charge on any atom is 0.329 e. The summed E-state index contributed by atoms with van der Waals surface area (Å²) >= 11 is 9.80. The lowest BCUT2D eigenvalue weighted by atomic mass is 10.2. The van der Waals surface area contributed by atoms with Gasteiger partial charge in [0.15, 0.2) is 0 Å². The van der Waals surface area contributed by atoms with Crippen LogP contribution in [0.3, 0.4) is 0 Å². The van der Waals surface area contributed by atoms with Gasteiger partial charge in [0, 0.05) is 17.7 Å². The Balaban J connectivity index is 2.51. The monoisotopic (exact) mass is 287 g/mol. The van der Waals surface area contributed by atoms with Crippen LogP contribution in [0.1, 0.15) is 12.5 Å². The maximum atomic E-state index is 11.6. The van der Waals surface area contributed by atoms with E-state index in [9.17, 15) is 9.59 Å². The Bertz CT molecular complexity index is 439. The first-order valence-electron chi connectivity index (χ1n) is 5.32. The van der Waals surface area contributed by atoms with Crippen molar-refractivity contribution in [3.8, 4) is 0 Å². The highest BCUT2D eigenvalue weighted by atomic mass is 35.5. The molecule has 98 valence electrons. The molecule has 0 radical (unpaired) electrons. The lowest BCUT2D eigenvalue weighted by Gasteiger charge is -2.14. The van der Waals surface area contributed by atoms with Gasteiger partial charge in [0.1, 0.15) is 12.6 Å². The van der Waals surface area contributed by atoms with Crippen LogP contribution in [0.15, 0.2) is 24.3 Å². The molecule has 1 amide bonds. The van der Waals surface area contributed by atoms with Crippen LogP contribution in [0.25, 0.3) is 0 Å². The van der Waals surface area contributed by atoms with E-state index in [0.29, 0.717) is 5.02 Å². The molecule has 0 saturated heterocycles. The summed E-state index contributed by atoms with van der Waals surface area (Å²) in [4.78, 5) is 22.5. The van der Waals surface area contributed by atoms with Crippen LogP contribution in [-0.4, -0.2) is 23.7 Å². The number of amides is 1. The van der Waals surface area contributed by atoms with E-state index < -0.39 is 12.0 Å². The number of hydrogen-bond donors (Lipinski definition) is 2. The van der Waals surface area contributed by atoms with Crippen molar-refractivity contribution in [2.75, 3.05) is 5.75 Å². The van der Waals surface area contributed by atoms with E-state index >= 15 is 0 Å². The van der Waals surface area contributed by atoms with E-state index in [-0.39, 0.29) is 18.3 Å². The summed E-state index contributed by atoms with van der Waals surface area (Å²) < 4.78 is 5.08. The number of rotatable bonds is 5. The predicted molar refractivity (Wildman–Crippen MR) is 72.7 cm³/mol. The number of benzene rings is 1. The van der Waals surface area contributed by atoms with Crippen molar-refractivity contribution >= 4 is 36.1 Å². The normalized spacial score (nSPS) is 11.7. The van der Waals surface area contributed by atoms with Gasteiger partial charge in [-0.1, -0.05) is 23.7 Å². The number of carbonyl (C=O) groups excluding carboxylic acids is 2. The summed E-state index contributed by atoms with van der Waals surface area (Å²) in [5.74, 6) is -0.623. The van der Waals surface area contributed by atoms with Crippen molar-refractivity contribution in [1.82, 2.24) is 5.32 Å². The molecule has 0 aliphatic rings. The third-order valence-electron chi connectivity index (χ3n) is 2.11. The summed E-state index contributed by atoms with van der Waals surface area (Å²) in [5, 5.41) is 3.04. The fourth-order valence-electron chi connectivity index (χ4n) is 1.31. The van der Waals surface area contributed by atoms with Crippen molar-refractivity contribution in [3.05, 3.63) is 34.9 Å². The SMILES string of the molecule is CC(=O)NC(CS)C(=O)OCc1cccc(Cl)c1. The number of nitrogens with one attached hydrogen (secondary N) is 1. The molecular formula is C12H14ClNO3S. The van der Waals surface area contributed by atoms with Crippen LogP contribution < -0.4 is 5.32 Å². The van der Waals surface area contributed by atoms with E-state index in [1.54, 1.807) is 24.3 Å². The smallest absolute Gasteiger partial charge is 0.329 e. The van der Waals surface area contributed by atoms with Gasteiger partial charge in [0.05, 0.1) is 0 Å². The highest BCUT2D eigenvalue weighted by molar-refractivity contribution is 7.80. The summed E-state index contributed by atoms with van der Waals surface area (Å²) in [6.45, 7) is 1.45. The fourth-order valence-corrected chi connectivity index (χ4v) is 1.76. The zero-order chi connectivity index (χ0) is 13.5. The Morgan fingerprint density at radius 1 is 1.50 bits per heavy atom. The van der Waals surface area contributed by atoms with E-state index in [1.807, 2.05) is 0 Å². The summed E-state index contributed by atoms with van der Waals surface area (Å²) in [6, 6.07) is 6.29. The molecule has 0 aliphatic heterocycles. The number of hydrogen-bond acceptors (Lipinski definition) is 4. The molecule has 1 aromatic carbocycles. The van der Waals surface area contributed by atoms with Crippen LogP contribution in [0, 0.1) is 0 Å². The number of ether oxygens (including phenoxy) is 1. The molecule has 1 aromatic rings.